The lowest BCUT2D eigenvalue weighted by molar-refractivity contribution is -0.0337. The molecule has 50 heavy (non-hydrogen) atoms. The van der Waals surface area contributed by atoms with Gasteiger partial charge in [-0.15, -0.1) is 0 Å². The smallest absolute Gasteiger partial charge is 0.323 e. The maximum Gasteiger partial charge on any atom is 0.323 e. The lowest BCUT2D eigenvalue weighted by Gasteiger charge is -2.36. The van der Waals surface area contributed by atoms with Crippen molar-refractivity contribution in [3.05, 3.63) is 54.7 Å². The van der Waals surface area contributed by atoms with E-state index in [4.69, 9.17) is 24.5 Å². The van der Waals surface area contributed by atoms with Crippen molar-refractivity contribution >= 4 is 39.9 Å². The molecule has 2 bridgehead atoms. The number of rotatable bonds is 6. The van der Waals surface area contributed by atoms with E-state index in [2.05, 4.69) is 49.2 Å². The molecular formula is C38H47N9O3. The van der Waals surface area contributed by atoms with Crippen molar-refractivity contribution in [3.8, 4) is 11.4 Å². The van der Waals surface area contributed by atoms with Gasteiger partial charge in [0, 0.05) is 68.5 Å². The summed E-state index contributed by atoms with van der Waals surface area (Å²) in [5, 5.41) is 11.9. The minimum absolute atomic E-state index is 0.0692. The van der Waals surface area contributed by atoms with Crippen LogP contribution in [0.1, 0.15) is 57.4 Å². The third kappa shape index (κ3) is 6.29. The molecule has 5 aliphatic rings. The van der Waals surface area contributed by atoms with Crippen LogP contribution < -0.4 is 20.4 Å². The standard InChI is InChI=1S/C38H47N9O3/c1-44-18-20-45(21-19-44)29-9-7-28(8-10-29)41-37(48)40-27-5-3-26(4-6-27)34-42-35(46-24-31-11-12-32(25-46)50-31)33-23-39-47(36(33)43-34)30-13-16-38(17-14-30)15-2-22-49-38/h3-10,23,30-32H,2,11-22,24-25H2,1H3,(H2,40,41,48)/t30-,31?,32?,38-. The zero-order valence-corrected chi connectivity index (χ0v) is 28.9. The lowest BCUT2D eigenvalue weighted by Crippen LogP contribution is -2.44. The van der Waals surface area contributed by atoms with Crippen LogP contribution in [0, 0.1) is 0 Å². The molecule has 0 radical (unpaired) electrons. The highest BCUT2D eigenvalue weighted by Gasteiger charge is 2.40. The maximum atomic E-state index is 12.9. The van der Waals surface area contributed by atoms with Crippen molar-refractivity contribution in [2.45, 2.75) is 75.2 Å². The van der Waals surface area contributed by atoms with Gasteiger partial charge in [0.05, 0.1) is 35.4 Å². The quantitative estimate of drug-likeness (QED) is 0.257. The van der Waals surface area contributed by atoms with E-state index in [-0.39, 0.29) is 29.9 Å². The summed E-state index contributed by atoms with van der Waals surface area (Å²) in [6.07, 6.45) is 11.2. The minimum Gasteiger partial charge on any atom is -0.375 e. The Kier molecular flexibility index (Phi) is 8.33. The van der Waals surface area contributed by atoms with Crippen LogP contribution in [0.15, 0.2) is 54.7 Å². The van der Waals surface area contributed by atoms with Crippen molar-refractivity contribution < 1.29 is 14.3 Å². The number of hydrogen-bond acceptors (Lipinski definition) is 9. The van der Waals surface area contributed by atoms with Gasteiger partial charge < -0.3 is 34.8 Å². The SMILES string of the molecule is CN1CCN(c2ccc(NC(=O)Nc3ccc(-c4nc(N5CC6CCC(C5)O6)c5cnn([C@H]6CC[C@@]7(CCCO7)CC6)c5n4)cc3)cc2)CC1. The highest BCUT2D eigenvalue weighted by molar-refractivity contribution is 6.00. The number of ether oxygens (including phenoxy) is 2. The second-order valence-electron chi connectivity index (χ2n) is 14.9. The first kappa shape index (κ1) is 31.7. The molecule has 9 rings (SSSR count). The number of urea groups is 1. The molecule has 2 aromatic heterocycles. The molecular weight excluding hydrogens is 630 g/mol. The first-order valence-electron chi connectivity index (χ1n) is 18.5. The molecule has 2 amide bonds. The van der Waals surface area contributed by atoms with Crippen molar-refractivity contribution in [2.75, 3.05) is 73.4 Å². The van der Waals surface area contributed by atoms with Crippen molar-refractivity contribution in [1.29, 1.82) is 0 Å². The molecule has 2 unspecified atom stereocenters. The van der Waals surface area contributed by atoms with E-state index >= 15 is 0 Å². The Morgan fingerprint density at radius 1 is 0.820 bits per heavy atom. The summed E-state index contributed by atoms with van der Waals surface area (Å²) in [6, 6.07) is 15.8. The Balaban J connectivity index is 0.929. The molecule has 1 spiro atoms. The Bertz CT molecular complexity index is 1810. The molecule has 4 aromatic rings. The van der Waals surface area contributed by atoms with Gasteiger partial charge in [0.1, 0.15) is 5.82 Å². The van der Waals surface area contributed by atoms with E-state index in [1.54, 1.807) is 0 Å². The summed E-state index contributed by atoms with van der Waals surface area (Å²) in [5.41, 5.74) is 4.48. The number of nitrogens with zero attached hydrogens (tertiary/aromatic N) is 7. The first-order chi connectivity index (χ1) is 24.5. The Morgan fingerprint density at radius 2 is 1.50 bits per heavy atom. The largest absolute Gasteiger partial charge is 0.375 e. The second-order valence-corrected chi connectivity index (χ2v) is 14.9. The van der Waals surface area contributed by atoms with Gasteiger partial charge in [-0.25, -0.2) is 19.4 Å². The van der Waals surface area contributed by atoms with Crippen LogP contribution in [-0.4, -0.2) is 101 Å². The number of aromatic nitrogens is 4. The number of likely N-dealkylation sites (N-methyl/N-ethyl adjacent to an activating group) is 1. The molecule has 6 heterocycles. The van der Waals surface area contributed by atoms with Crippen LogP contribution in [0.5, 0.6) is 0 Å². The van der Waals surface area contributed by atoms with Crippen molar-refractivity contribution in [1.82, 2.24) is 24.6 Å². The van der Waals surface area contributed by atoms with E-state index in [0.717, 1.165) is 113 Å². The van der Waals surface area contributed by atoms with Gasteiger partial charge in [-0.2, -0.15) is 5.10 Å². The summed E-state index contributed by atoms with van der Waals surface area (Å²) in [7, 11) is 2.16. The molecule has 2 aromatic carbocycles. The van der Waals surface area contributed by atoms with Crippen LogP contribution >= 0.6 is 0 Å². The summed E-state index contributed by atoms with van der Waals surface area (Å²) < 4.78 is 14.5. The van der Waals surface area contributed by atoms with Gasteiger partial charge in [0.15, 0.2) is 11.5 Å². The van der Waals surface area contributed by atoms with Crippen LogP contribution in [0.4, 0.5) is 27.7 Å². The molecule has 2 atom stereocenters. The van der Waals surface area contributed by atoms with E-state index in [1.165, 1.54) is 18.5 Å². The Labute approximate surface area is 293 Å². The number of nitrogens with one attached hydrogen (secondary N) is 2. The highest BCUT2D eigenvalue weighted by atomic mass is 16.5. The predicted octanol–water partition coefficient (Wildman–Crippen LogP) is 5.92. The number of piperazine rings is 1. The molecule has 2 N–H and O–H groups in total. The summed E-state index contributed by atoms with van der Waals surface area (Å²) >= 11 is 0. The van der Waals surface area contributed by atoms with E-state index < -0.39 is 0 Å². The average molecular weight is 678 g/mol. The zero-order chi connectivity index (χ0) is 33.7. The fraction of sp³-hybridized carbons (Fsp3) is 0.526. The van der Waals surface area contributed by atoms with Gasteiger partial charge in [-0.3, -0.25) is 0 Å². The topological polar surface area (TPSA) is 113 Å². The van der Waals surface area contributed by atoms with Crippen LogP contribution in [0.25, 0.3) is 22.4 Å². The third-order valence-corrected chi connectivity index (χ3v) is 11.6. The number of amides is 2. The van der Waals surface area contributed by atoms with Gasteiger partial charge >= 0.3 is 6.03 Å². The monoisotopic (exact) mass is 677 g/mol. The molecule has 12 nitrogen and oxygen atoms in total. The third-order valence-electron chi connectivity index (χ3n) is 11.6. The predicted molar refractivity (Wildman–Crippen MR) is 195 cm³/mol. The van der Waals surface area contributed by atoms with E-state index in [1.807, 2.05) is 42.6 Å². The maximum absolute atomic E-state index is 12.9. The molecule has 12 heteroatoms. The van der Waals surface area contributed by atoms with Crippen LogP contribution in [0.2, 0.25) is 0 Å². The van der Waals surface area contributed by atoms with E-state index in [0.29, 0.717) is 11.5 Å². The van der Waals surface area contributed by atoms with Crippen molar-refractivity contribution in [2.24, 2.45) is 0 Å². The Morgan fingerprint density at radius 3 is 2.16 bits per heavy atom. The molecule has 1 aliphatic carbocycles. The number of morpholine rings is 1. The average Bonchev–Trinajstić information content (AvgIpc) is 3.87. The summed E-state index contributed by atoms with van der Waals surface area (Å²) in [6.45, 7) is 6.67. The first-order valence-corrected chi connectivity index (χ1v) is 18.5. The number of benzene rings is 2. The number of fused-ring (bicyclic) bond motifs is 3. The van der Waals surface area contributed by atoms with Crippen LogP contribution in [0.3, 0.4) is 0 Å². The molecule has 5 fully saturated rings. The fourth-order valence-corrected chi connectivity index (χ4v) is 8.67. The number of carbonyl (C=O) groups is 1. The van der Waals surface area contributed by atoms with Crippen LogP contribution in [-0.2, 0) is 9.47 Å². The molecule has 262 valence electrons. The second kappa shape index (κ2) is 13.1. The number of anilines is 4. The Hall–Kier alpha value is -4.26. The molecule has 1 saturated carbocycles. The number of hydrogen-bond donors (Lipinski definition) is 2. The van der Waals surface area contributed by atoms with Crippen molar-refractivity contribution in [3.63, 3.8) is 0 Å². The fourth-order valence-electron chi connectivity index (χ4n) is 8.67. The normalized spacial score (nSPS) is 26.9. The zero-order valence-electron chi connectivity index (χ0n) is 28.9. The van der Waals surface area contributed by atoms with Gasteiger partial charge in [0.2, 0.25) is 0 Å². The van der Waals surface area contributed by atoms with Gasteiger partial charge in [-0.05, 0) is 107 Å². The van der Waals surface area contributed by atoms with E-state index in [9.17, 15) is 4.79 Å². The molecule has 4 aliphatic heterocycles. The van der Waals surface area contributed by atoms with Gasteiger partial charge in [-0.1, -0.05) is 0 Å². The van der Waals surface area contributed by atoms with Gasteiger partial charge in [0.25, 0.3) is 0 Å². The lowest BCUT2D eigenvalue weighted by atomic mass is 9.80. The highest BCUT2D eigenvalue weighted by Crippen LogP contribution is 2.44. The molecule has 4 saturated heterocycles. The summed E-state index contributed by atoms with van der Waals surface area (Å²) in [4.78, 5) is 30.4. The minimum atomic E-state index is -0.284. The number of carbonyl (C=O) groups excluding carboxylic acids is 1. The summed E-state index contributed by atoms with van der Waals surface area (Å²) in [5.74, 6) is 1.60.